The number of pyridine rings is 1. The van der Waals surface area contributed by atoms with E-state index >= 15 is 0 Å². The van der Waals surface area contributed by atoms with Gasteiger partial charge in [-0.05, 0) is 50.3 Å². The summed E-state index contributed by atoms with van der Waals surface area (Å²) in [5, 5.41) is 9.30. The van der Waals surface area contributed by atoms with Crippen LogP contribution in [0.3, 0.4) is 0 Å². The van der Waals surface area contributed by atoms with E-state index in [-0.39, 0.29) is 17.6 Å². The number of aryl methyl sites for hydroxylation is 1. The van der Waals surface area contributed by atoms with Crippen LogP contribution in [0.1, 0.15) is 41.6 Å². The molecule has 1 aliphatic carbocycles. The van der Waals surface area contributed by atoms with Gasteiger partial charge in [-0.1, -0.05) is 0 Å². The lowest BCUT2D eigenvalue weighted by Gasteiger charge is -2.30. The van der Waals surface area contributed by atoms with Gasteiger partial charge in [0.25, 0.3) is 5.91 Å². The van der Waals surface area contributed by atoms with Gasteiger partial charge in [-0.15, -0.1) is 0 Å². The zero-order valence-electron chi connectivity index (χ0n) is 15.8. The van der Waals surface area contributed by atoms with Gasteiger partial charge in [0.15, 0.2) is 17.5 Å². The quantitative estimate of drug-likeness (QED) is 0.673. The molecule has 3 rings (SSSR count). The smallest absolute Gasteiger partial charge is 0.251 e. The number of anilines is 2. The van der Waals surface area contributed by atoms with Gasteiger partial charge in [0.2, 0.25) is 0 Å². The van der Waals surface area contributed by atoms with Crippen molar-refractivity contribution in [1.29, 1.82) is 0 Å². The predicted octanol–water partition coefficient (Wildman–Crippen LogP) is 4.00. The highest BCUT2D eigenvalue weighted by atomic mass is 19.2. The number of hydrogen-bond acceptors (Lipinski definition) is 4. The van der Waals surface area contributed by atoms with E-state index < -0.39 is 23.4 Å². The minimum absolute atomic E-state index is 0.0967. The van der Waals surface area contributed by atoms with Gasteiger partial charge < -0.3 is 16.0 Å². The van der Waals surface area contributed by atoms with Crippen LogP contribution in [0.5, 0.6) is 0 Å². The van der Waals surface area contributed by atoms with Crippen LogP contribution in [0.2, 0.25) is 0 Å². The van der Waals surface area contributed by atoms with E-state index in [1.807, 2.05) is 20.0 Å². The van der Waals surface area contributed by atoms with Crippen LogP contribution in [-0.2, 0) is 0 Å². The van der Waals surface area contributed by atoms with Crippen molar-refractivity contribution in [2.45, 2.75) is 44.7 Å². The van der Waals surface area contributed by atoms with Crippen molar-refractivity contribution in [2.75, 3.05) is 17.7 Å². The number of rotatable bonds is 5. The monoisotopic (exact) mass is 392 g/mol. The highest BCUT2D eigenvalue weighted by molar-refractivity contribution is 5.94. The molecular formula is C20H23F3N4O. The Bertz CT molecular complexity index is 844. The van der Waals surface area contributed by atoms with E-state index in [2.05, 4.69) is 20.9 Å². The Balaban J connectivity index is 1.53. The summed E-state index contributed by atoms with van der Waals surface area (Å²) >= 11 is 0. The van der Waals surface area contributed by atoms with Crippen molar-refractivity contribution >= 4 is 17.4 Å². The molecule has 1 amide bonds. The zero-order valence-corrected chi connectivity index (χ0v) is 15.8. The van der Waals surface area contributed by atoms with Crippen LogP contribution in [0.4, 0.5) is 24.7 Å². The lowest BCUT2D eigenvalue weighted by atomic mass is 9.91. The van der Waals surface area contributed by atoms with Gasteiger partial charge in [-0.25, -0.2) is 18.2 Å². The molecule has 2 aromatic rings. The molecule has 1 aromatic carbocycles. The van der Waals surface area contributed by atoms with Crippen molar-refractivity contribution in [3.8, 4) is 0 Å². The van der Waals surface area contributed by atoms with Crippen LogP contribution in [-0.4, -0.2) is 30.0 Å². The van der Waals surface area contributed by atoms with Gasteiger partial charge in [-0.3, -0.25) is 4.79 Å². The lowest BCUT2D eigenvalue weighted by molar-refractivity contribution is 0.0925. The highest BCUT2D eigenvalue weighted by Gasteiger charge is 2.24. The number of aromatic nitrogens is 1. The molecule has 3 N–H and O–H groups in total. The summed E-state index contributed by atoms with van der Waals surface area (Å²) in [5.74, 6) is -4.13. The average Bonchev–Trinajstić information content (AvgIpc) is 2.68. The van der Waals surface area contributed by atoms with E-state index in [1.54, 1.807) is 6.20 Å². The molecule has 0 saturated heterocycles. The minimum atomic E-state index is -1.57. The van der Waals surface area contributed by atoms with Crippen molar-refractivity contribution in [1.82, 2.24) is 10.3 Å². The van der Waals surface area contributed by atoms with Crippen molar-refractivity contribution in [3.05, 3.63) is 53.0 Å². The number of nitrogens with zero attached hydrogens (tertiary/aromatic N) is 1. The van der Waals surface area contributed by atoms with E-state index in [1.165, 1.54) is 0 Å². The summed E-state index contributed by atoms with van der Waals surface area (Å²) in [4.78, 5) is 16.6. The number of benzene rings is 1. The van der Waals surface area contributed by atoms with E-state index in [4.69, 9.17) is 0 Å². The molecule has 28 heavy (non-hydrogen) atoms. The maximum atomic E-state index is 13.3. The van der Waals surface area contributed by atoms with Gasteiger partial charge in [-0.2, -0.15) is 0 Å². The molecule has 1 heterocycles. The van der Waals surface area contributed by atoms with Gasteiger partial charge in [0.1, 0.15) is 5.82 Å². The lowest BCUT2D eigenvalue weighted by Crippen LogP contribution is -2.40. The minimum Gasteiger partial charge on any atom is -0.388 e. The third kappa shape index (κ3) is 4.55. The summed E-state index contributed by atoms with van der Waals surface area (Å²) in [6.07, 6.45) is 4.89. The largest absolute Gasteiger partial charge is 0.388 e. The molecule has 150 valence electrons. The molecule has 1 saturated carbocycles. The SMILES string of the molecule is CNc1cc(NC2CCC(NC(=O)c3cc(F)c(F)c(F)c3)CC2)ncc1C. The number of amides is 1. The molecule has 8 heteroatoms. The summed E-state index contributed by atoms with van der Waals surface area (Å²) in [6.45, 7) is 1.98. The third-order valence-electron chi connectivity index (χ3n) is 5.03. The fourth-order valence-electron chi connectivity index (χ4n) is 3.42. The number of carbonyl (C=O) groups is 1. The second-order valence-electron chi connectivity index (χ2n) is 7.05. The summed E-state index contributed by atoms with van der Waals surface area (Å²) in [7, 11) is 1.86. The first-order chi connectivity index (χ1) is 13.4. The molecule has 0 atom stereocenters. The molecule has 1 aromatic heterocycles. The Kier molecular flexibility index (Phi) is 6.06. The maximum absolute atomic E-state index is 13.3. The van der Waals surface area contributed by atoms with Crippen LogP contribution < -0.4 is 16.0 Å². The fraction of sp³-hybridized carbons (Fsp3) is 0.400. The Hall–Kier alpha value is -2.77. The molecule has 0 radical (unpaired) electrons. The molecule has 1 aliphatic rings. The van der Waals surface area contributed by atoms with Crippen molar-refractivity contribution in [2.24, 2.45) is 0 Å². The van der Waals surface area contributed by atoms with Crippen LogP contribution in [0.15, 0.2) is 24.4 Å². The second-order valence-corrected chi connectivity index (χ2v) is 7.05. The first kappa shape index (κ1) is 20.0. The van der Waals surface area contributed by atoms with Crippen molar-refractivity contribution < 1.29 is 18.0 Å². The number of carbonyl (C=O) groups excluding carboxylic acids is 1. The summed E-state index contributed by atoms with van der Waals surface area (Å²) in [6, 6.07) is 3.52. The Morgan fingerprint density at radius 2 is 1.64 bits per heavy atom. The standard InChI is InChI=1S/C20H23F3N4O/c1-11-10-25-18(9-17(11)24-2)26-13-3-5-14(6-4-13)27-20(28)12-7-15(21)19(23)16(22)8-12/h7-10,13-14H,3-6H2,1-2H3,(H,27,28)(H2,24,25,26). The Morgan fingerprint density at radius 3 is 2.25 bits per heavy atom. The average molecular weight is 392 g/mol. The number of halogens is 3. The maximum Gasteiger partial charge on any atom is 0.251 e. The number of hydrogen-bond donors (Lipinski definition) is 3. The van der Waals surface area contributed by atoms with E-state index in [0.29, 0.717) is 12.1 Å². The normalized spacial score (nSPS) is 19.2. The molecule has 0 unspecified atom stereocenters. The predicted molar refractivity (Wildman–Crippen MR) is 102 cm³/mol. The first-order valence-electron chi connectivity index (χ1n) is 9.23. The Labute approximate surface area is 161 Å². The molecule has 1 fully saturated rings. The second kappa shape index (κ2) is 8.50. The van der Waals surface area contributed by atoms with Gasteiger partial charge >= 0.3 is 0 Å². The molecule has 0 aliphatic heterocycles. The third-order valence-corrected chi connectivity index (χ3v) is 5.03. The summed E-state index contributed by atoms with van der Waals surface area (Å²) < 4.78 is 39.6. The van der Waals surface area contributed by atoms with Crippen molar-refractivity contribution in [3.63, 3.8) is 0 Å². The topological polar surface area (TPSA) is 66.0 Å². The molecule has 0 spiro atoms. The summed E-state index contributed by atoms with van der Waals surface area (Å²) in [5.41, 5.74) is 1.85. The van der Waals surface area contributed by atoms with Gasteiger partial charge in [0, 0.05) is 42.6 Å². The van der Waals surface area contributed by atoms with Gasteiger partial charge in [0.05, 0.1) is 0 Å². The van der Waals surface area contributed by atoms with E-state index in [0.717, 1.165) is 42.8 Å². The molecular weight excluding hydrogens is 369 g/mol. The fourth-order valence-corrected chi connectivity index (χ4v) is 3.42. The Morgan fingerprint density at radius 1 is 1.04 bits per heavy atom. The van der Waals surface area contributed by atoms with Crippen LogP contribution >= 0.6 is 0 Å². The zero-order chi connectivity index (χ0) is 20.3. The van der Waals surface area contributed by atoms with Crippen LogP contribution in [0, 0.1) is 24.4 Å². The van der Waals surface area contributed by atoms with Crippen LogP contribution in [0.25, 0.3) is 0 Å². The molecule has 0 bridgehead atoms. The molecule has 5 nitrogen and oxygen atoms in total. The first-order valence-corrected chi connectivity index (χ1v) is 9.23. The van der Waals surface area contributed by atoms with E-state index in [9.17, 15) is 18.0 Å². The number of nitrogens with one attached hydrogen (secondary N) is 3. The highest BCUT2D eigenvalue weighted by Crippen LogP contribution is 2.24.